The summed E-state index contributed by atoms with van der Waals surface area (Å²) < 4.78 is 5.59. The summed E-state index contributed by atoms with van der Waals surface area (Å²) in [6, 6.07) is 12.6. The van der Waals surface area contributed by atoms with Gasteiger partial charge in [0.2, 0.25) is 0 Å². The molecule has 1 N–H and O–H groups in total. The van der Waals surface area contributed by atoms with Crippen molar-refractivity contribution in [2.75, 3.05) is 11.9 Å². The molecular formula is C17H18N2O4. The van der Waals surface area contributed by atoms with Crippen molar-refractivity contribution in [3.05, 3.63) is 64.2 Å². The number of anilines is 1. The number of amides is 1. The van der Waals surface area contributed by atoms with Crippen molar-refractivity contribution >= 4 is 17.3 Å². The van der Waals surface area contributed by atoms with E-state index in [1.807, 2.05) is 13.8 Å². The molecule has 0 saturated heterocycles. The number of rotatable bonds is 6. The number of nitrogens with one attached hydrogen (secondary N) is 1. The highest BCUT2D eigenvalue weighted by atomic mass is 16.6. The highest BCUT2D eigenvalue weighted by Gasteiger charge is 2.10. The summed E-state index contributed by atoms with van der Waals surface area (Å²) in [6.07, 6.45) is 0. The molecule has 0 aromatic heterocycles. The first-order valence-corrected chi connectivity index (χ1v) is 7.24. The molecule has 0 atom stereocenters. The Hall–Kier alpha value is -2.89. The van der Waals surface area contributed by atoms with Crippen LogP contribution in [-0.2, 0) is 0 Å². The second-order valence-corrected chi connectivity index (χ2v) is 5.49. The minimum Gasteiger partial charge on any atom is -0.493 e. The fourth-order valence-corrected chi connectivity index (χ4v) is 1.89. The van der Waals surface area contributed by atoms with Gasteiger partial charge in [0.05, 0.1) is 11.5 Å². The van der Waals surface area contributed by atoms with Gasteiger partial charge in [-0.3, -0.25) is 14.9 Å². The van der Waals surface area contributed by atoms with Crippen molar-refractivity contribution in [3.8, 4) is 5.75 Å². The van der Waals surface area contributed by atoms with E-state index in [0.29, 0.717) is 29.5 Å². The predicted molar refractivity (Wildman–Crippen MR) is 87.8 cm³/mol. The molecule has 0 aliphatic heterocycles. The van der Waals surface area contributed by atoms with Gasteiger partial charge in [-0.25, -0.2) is 0 Å². The average Bonchev–Trinajstić information content (AvgIpc) is 2.53. The van der Waals surface area contributed by atoms with E-state index in [4.69, 9.17) is 4.74 Å². The zero-order valence-corrected chi connectivity index (χ0v) is 13.0. The number of non-ortho nitro benzene ring substituents is 1. The fraction of sp³-hybridized carbons (Fsp3) is 0.235. The number of hydrogen-bond donors (Lipinski definition) is 1. The number of benzene rings is 2. The number of carbonyl (C=O) groups excluding carboxylic acids is 1. The van der Waals surface area contributed by atoms with Crippen LogP contribution in [0.5, 0.6) is 5.75 Å². The molecule has 0 radical (unpaired) electrons. The van der Waals surface area contributed by atoms with Crippen molar-refractivity contribution < 1.29 is 14.5 Å². The van der Waals surface area contributed by atoms with Crippen LogP contribution in [0.25, 0.3) is 0 Å². The van der Waals surface area contributed by atoms with Crippen LogP contribution in [-0.4, -0.2) is 17.4 Å². The van der Waals surface area contributed by atoms with E-state index in [1.165, 1.54) is 18.2 Å². The molecule has 1 amide bonds. The summed E-state index contributed by atoms with van der Waals surface area (Å²) in [5.74, 6) is 0.656. The third-order valence-electron chi connectivity index (χ3n) is 2.99. The van der Waals surface area contributed by atoms with Gasteiger partial charge in [-0.1, -0.05) is 26.0 Å². The number of nitro benzene ring substituents is 1. The molecular weight excluding hydrogens is 296 g/mol. The van der Waals surface area contributed by atoms with Crippen LogP contribution in [0.4, 0.5) is 11.4 Å². The second-order valence-electron chi connectivity index (χ2n) is 5.49. The molecule has 6 heteroatoms. The van der Waals surface area contributed by atoms with Crippen LogP contribution in [0.15, 0.2) is 48.5 Å². The van der Waals surface area contributed by atoms with Gasteiger partial charge >= 0.3 is 0 Å². The number of hydrogen-bond acceptors (Lipinski definition) is 4. The Labute approximate surface area is 134 Å². The van der Waals surface area contributed by atoms with Gasteiger partial charge in [0.25, 0.3) is 11.6 Å². The van der Waals surface area contributed by atoms with Crippen molar-refractivity contribution in [2.45, 2.75) is 13.8 Å². The summed E-state index contributed by atoms with van der Waals surface area (Å²) in [6.45, 7) is 4.65. The summed E-state index contributed by atoms with van der Waals surface area (Å²) in [5.41, 5.74) is 0.729. The van der Waals surface area contributed by atoms with Crippen molar-refractivity contribution in [1.82, 2.24) is 0 Å². The molecule has 0 fully saturated rings. The van der Waals surface area contributed by atoms with Crippen molar-refractivity contribution in [2.24, 2.45) is 5.92 Å². The predicted octanol–water partition coefficient (Wildman–Crippen LogP) is 3.88. The van der Waals surface area contributed by atoms with E-state index in [2.05, 4.69) is 5.32 Å². The summed E-state index contributed by atoms with van der Waals surface area (Å²) in [4.78, 5) is 22.5. The summed E-state index contributed by atoms with van der Waals surface area (Å²) in [5, 5.41) is 13.4. The van der Waals surface area contributed by atoms with Gasteiger partial charge in [-0.05, 0) is 30.2 Å². The summed E-state index contributed by atoms with van der Waals surface area (Å²) in [7, 11) is 0. The lowest BCUT2D eigenvalue weighted by Crippen LogP contribution is -2.12. The molecule has 0 aliphatic rings. The van der Waals surface area contributed by atoms with E-state index in [0.717, 1.165) is 0 Å². The Bertz CT molecular complexity index is 713. The molecule has 2 aromatic carbocycles. The first-order chi connectivity index (χ1) is 11.0. The first kappa shape index (κ1) is 16.5. The minimum atomic E-state index is -0.504. The number of ether oxygens (including phenoxy) is 1. The largest absolute Gasteiger partial charge is 0.493 e. The van der Waals surface area contributed by atoms with E-state index in [9.17, 15) is 14.9 Å². The first-order valence-electron chi connectivity index (χ1n) is 7.24. The van der Waals surface area contributed by atoms with Gasteiger partial charge in [0, 0.05) is 23.4 Å². The third-order valence-corrected chi connectivity index (χ3v) is 2.99. The Morgan fingerprint density at radius 2 is 1.96 bits per heavy atom. The lowest BCUT2D eigenvalue weighted by atomic mass is 10.2. The SMILES string of the molecule is CC(C)COc1cccc(C(=O)Nc2cccc([N+](=O)[O-])c2)c1. The van der Waals surface area contributed by atoms with E-state index in [1.54, 1.807) is 30.3 Å². The monoisotopic (exact) mass is 314 g/mol. The van der Waals surface area contributed by atoms with Crippen molar-refractivity contribution in [3.63, 3.8) is 0 Å². The average molecular weight is 314 g/mol. The maximum atomic E-state index is 12.2. The van der Waals surface area contributed by atoms with E-state index < -0.39 is 4.92 Å². The van der Waals surface area contributed by atoms with Crippen LogP contribution in [0.1, 0.15) is 24.2 Å². The second kappa shape index (κ2) is 7.40. The molecule has 0 saturated carbocycles. The quantitative estimate of drug-likeness (QED) is 0.648. The van der Waals surface area contributed by atoms with E-state index in [-0.39, 0.29) is 11.6 Å². The maximum Gasteiger partial charge on any atom is 0.271 e. The lowest BCUT2D eigenvalue weighted by molar-refractivity contribution is -0.384. The lowest BCUT2D eigenvalue weighted by Gasteiger charge is -2.10. The van der Waals surface area contributed by atoms with Crippen molar-refractivity contribution in [1.29, 1.82) is 0 Å². The molecule has 0 aliphatic carbocycles. The summed E-state index contributed by atoms with van der Waals surface area (Å²) >= 11 is 0. The van der Waals surface area contributed by atoms with E-state index >= 15 is 0 Å². The number of nitrogens with zero attached hydrogens (tertiary/aromatic N) is 1. The fourth-order valence-electron chi connectivity index (χ4n) is 1.89. The van der Waals surface area contributed by atoms with Crippen LogP contribution in [0.2, 0.25) is 0 Å². The standard InChI is InChI=1S/C17H18N2O4/c1-12(2)11-23-16-8-3-5-13(9-16)17(20)18-14-6-4-7-15(10-14)19(21)22/h3-10,12H,11H2,1-2H3,(H,18,20). The van der Waals surface area contributed by atoms with Crippen LogP contribution in [0, 0.1) is 16.0 Å². The van der Waals surface area contributed by atoms with Gasteiger partial charge in [0.15, 0.2) is 0 Å². The molecule has 6 nitrogen and oxygen atoms in total. The zero-order chi connectivity index (χ0) is 16.8. The molecule has 23 heavy (non-hydrogen) atoms. The number of nitro groups is 1. The molecule has 0 heterocycles. The van der Waals surface area contributed by atoms with Gasteiger partial charge in [-0.15, -0.1) is 0 Å². The molecule has 0 unspecified atom stereocenters. The van der Waals surface area contributed by atoms with Gasteiger partial charge in [0.1, 0.15) is 5.75 Å². The smallest absolute Gasteiger partial charge is 0.271 e. The molecule has 0 bridgehead atoms. The Balaban J connectivity index is 2.10. The third kappa shape index (κ3) is 4.81. The topological polar surface area (TPSA) is 81.5 Å². The molecule has 2 aromatic rings. The maximum absolute atomic E-state index is 12.2. The Morgan fingerprint density at radius 3 is 2.65 bits per heavy atom. The van der Waals surface area contributed by atoms with Gasteiger partial charge in [-0.2, -0.15) is 0 Å². The molecule has 0 spiro atoms. The zero-order valence-electron chi connectivity index (χ0n) is 13.0. The van der Waals surface area contributed by atoms with Gasteiger partial charge < -0.3 is 10.1 Å². The molecule has 2 rings (SSSR count). The van der Waals surface area contributed by atoms with Crippen LogP contribution >= 0.6 is 0 Å². The normalized spacial score (nSPS) is 10.4. The molecule has 120 valence electrons. The highest BCUT2D eigenvalue weighted by molar-refractivity contribution is 6.04. The number of carbonyl (C=O) groups is 1. The Morgan fingerprint density at radius 1 is 1.22 bits per heavy atom. The Kier molecular flexibility index (Phi) is 5.30. The van der Waals surface area contributed by atoms with Crippen LogP contribution < -0.4 is 10.1 Å². The minimum absolute atomic E-state index is 0.0724. The van der Waals surface area contributed by atoms with Crippen LogP contribution in [0.3, 0.4) is 0 Å². The highest BCUT2D eigenvalue weighted by Crippen LogP contribution is 2.19.